The summed E-state index contributed by atoms with van der Waals surface area (Å²) in [5.74, 6) is -0.857. The Morgan fingerprint density at radius 1 is 1.64 bits per heavy atom. The molecule has 0 rings (SSSR count). The third-order valence-corrected chi connectivity index (χ3v) is 2.27. The molecule has 0 bridgehead atoms. The highest BCUT2D eigenvalue weighted by Crippen LogP contribution is 2.24. The molecule has 0 amide bonds. The first-order chi connectivity index (χ1) is 6.49. The zero-order valence-corrected chi connectivity index (χ0v) is 9.25. The van der Waals surface area contributed by atoms with E-state index in [4.69, 9.17) is 4.74 Å². The fourth-order valence-electron chi connectivity index (χ4n) is 1.32. The van der Waals surface area contributed by atoms with Crippen molar-refractivity contribution < 1.29 is 14.6 Å². The van der Waals surface area contributed by atoms with Gasteiger partial charge < -0.3 is 9.84 Å². The average molecular weight is 200 g/mol. The highest BCUT2D eigenvalue weighted by molar-refractivity contribution is 5.74. The number of carbonyl (C=O) groups is 1. The zero-order chi connectivity index (χ0) is 11.2. The van der Waals surface area contributed by atoms with E-state index in [9.17, 15) is 9.90 Å². The van der Waals surface area contributed by atoms with Crippen LogP contribution in [0.2, 0.25) is 0 Å². The van der Waals surface area contributed by atoms with Gasteiger partial charge in [0, 0.05) is 0 Å². The number of rotatable bonds is 6. The molecule has 3 nitrogen and oxygen atoms in total. The predicted molar refractivity (Wildman–Crippen MR) is 55.9 cm³/mol. The first kappa shape index (κ1) is 13.2. The monoisotopic (exact) mass is 200 g/mol. The molecule has 0 aromatic heterocycles. The summed E-state index contributed by atoms with van der Waals surface area (Å²) in [5, 5.41) is 9.89. The van der Waals surface area contributed by atoms with Gasteiger partial charge in [0.05, 0.1) is 18.1 Å². The van der Waals surface area contributed by atoms with Gasteiger partial charge in [0.2, 0.25) is 0 Å². The molecular formula is C11H20O3. The summed E-state index contributed by atoms with van der Waals surface area (Å²) < 4.78 is 4.90. The van der Waals surface area contributed by atoms with Crippen LogP contribution in [0.3, 0.4) is 0 Å². The van der Waals surface area contributed by atoms with Crippen molar-refractivity contribution in [3.05, 3.63) is 12.7 Å². The van der Waals surface area contributed by atoms with Gasteiger partial charge in [-0.2, -0.15) is 0 Å². The molecule has 0 fully saturated rings. The van der Waals surface area contributed by atoms with Crippen LogP contribution in [0.25, 0.3) is 0 Å². The van der Waals surface area contributed by atoms with E-state index in [0.29, 0.717) is 13.0 Å². The van der Waals surface area contributed by atoms with Gasteiger partial charge in [-0.05, 0) is 20.3 Å². The van der Waals surface area contributed by atoms with Gasteiger partial charge in [0.1, 0.15) is 0 Å². The number of hydrogen-bond acceptors (Lipinski definition) is 3. The van der Waals surface area contributed by atoms with Gasteiger partial charge in [-0.15, -0.1) is 6.58 Å². The molecule has 0 aliphatic heterocycles. The van der Waals surface area contributed by atoms with E-state index in [1.165, 1.54) is 6.08 Å². The van der Waals surface area contributed by atoms with Gasteiger partial charge in [0.25, 0.3) is 0 Å². The molecule has 0 heterocycles. The Kier molecular flexibility index (Phi) is 5.46. The standard InChI is InChI=1S/C11H20O3/c1-5-8-9(10(12)14-7-3)11(4,13)6-2/h6,9,13H,2,5,7-8H2,1,3-4H3. The van der Waals surface area contributed by atoms with Crippen molar-refractivity contribution in [2.45, 2.75) is 39.2 Å². The summed E-state index contributed by atoms with van der Waals surface area (Å²) in [6.07, 6.45) is 2.83. The number of esters is 1. The third kappa shape index (κ3) is 3.50. The Balaban J connectivity index is 4.57. The van der Waals surface area contributed by atoms with Crippen molar-refractivity contribution in [2.24, 2.45) is 5.92 Å². The van der Waals surface area contributed by atoms with Crippen LogP contribution in [0.15, 0.2) is 12.7 Å². The van der Waals surface area contributed by atoms with Crippen molar-refractivity contribution >= 4 is 5.97 Å². The second-order valence-electron chi connectivity index (χ2n) is 3.52. The topological polar surface area (TPSA) is 46.5 Å². The minimum absolute atomic E-state index is 0.340. The molecule has 0 saturated carbocycles. The second-order valence-corrected chi connectivity index (χ2v) is 3.52. The molecule has 82 valence electrons. The van der Waals surface area contributed by atoms with Crippen LogP contribution in [0.1, 0.15) is 33.6 Å². The fourth-order valence-corrected chi connectivity index (χ4v) is 1.32. The fraction of sp³-hybridized carbons (Fsp3) is 0.727. The number of carbonyl (C=O) groups excluding carboxylic acids is 1. The Hall–Kier alpha value is -0.830. The zero-order valence-electron chi connectivity index (χ0n) is 9.25. The van der Waals surface area contributed by atoms with Crippen molar-refractivity contribution in [3.63, 3.8) is 0 Å². The molecule has 0 radical (unpaired) electrons. The summed E-state index contributed by atoms with van der Waals surface area (Å²) in [5.41, 5.74) is -1.18. The number of hydrogen-bond donors (Lipinski definition) is 1. The maximum Gasteiger partial charge on any atom is 0.312 e. The predicted octanol–water partition coefficient (Wildman–Crippen LogP) is 1.90. The molecule has 1 N–H and O–H groups in total. The van der Waals surface area contributed by atoms with E-state index in [1.54, 1.807) is 13.8 Å². The lowest BCUT2D eigenvalue weighted by molar-refractivity contribution is -0.155. The number of ether oxygens (including phenoxy) is 1. The van der Waals surface area contributed by atoms with Crippen LogP contribution in [-0.2, 0) is 9.53 Å². The Morgan fingerprint density at radius 3 is 2.57 bits per heavy atom. The summed E-state index contributed by atoms with van der Waals surface area (Å²) in [6.45, 7) is 9.16. The molecular weight excluding hydrogens is 180 g/mol. The van der Waals surface area contributed by atoms with Crippen LogP contribution >= 0.6 is 0 Å². The lowest BCUT2D eigenvalue weighted by Gasteiger charge is -2.27. The van der Waals surface area contributed by atoms with Gasteiger partial charge in [0.15, 0.2) is 0 Å². The Morgan fingerprint density at radius 2 is 2.21 bits per heavy atom. The van der Waals surface area contributed by atoms with Gasteiger partial charge >= 0.3 is 5.97 Å². The van der Waals surface area contributed by atoms with E-state index in [2.05, 4.69) is 6.58 Å². The smallest absolute Gasteiger partial charge is 0.312 e. The highest BCUT2D eigenvalue weighted by atomic mass is 16.5. The van der Waals surface area contributed by atoms with Crippen LogP contribution in [-0.4, -0.2) is 23.3 Å². The highest BCUT2D eigenvalue weighted by Gasteiger charge is 2.35. The molecule has 0 spiro atoms. The largest absolute Gasteiger partial charge is 0.466 e. The summed E-state index contributed by atoms with van der Waals surface area (Å²) in [7, 11) is 0. The van der Waals surface area contributed by atoms with E-state index < -0.39 is 11.5 Å². The Bertz CT molecular complexity index is 197. The second kappa shape index (κ2) is 5.81. The lowest BCUT2D eigenvalue weighted by atomic mass is 9.86. The molecule has 0 aliphatic rings. The van der Waals surface area contributed by atoms with E-state index in [0.717, 1.165) is 6.42 Å². The number of aliphatic hydroxyl groups is 1. The lowest BCUT2D eigenvalue weighted by Crippen LogP contribution is -2.38. The molecule has 0 saturated heterocycles. The molecule has 0 aliphatic carbocycles. The molecule has 14 heavy (non-hydrogen) atoms. The summed E-state index contributed by atoms with van der Waals surface area (Å²) >= 11 is 0. The average Bonchev–Trinajstić information content (AvgIpc) is 2.14. The van der Waals surface area contributed by atoms with E-state index in [-0.39, 0.29) is 5.97 Å². The van der Waals surface area contributed by atoms with Gasteiger partial charge in [-0.1, -0.05) is 19.4 Å². The molecule has 0 aromatic carbocycles. The first-order valence-electron chi connectivity index (χ1n) is 5.02. The molecule has 3 heteroatoms. The SMILES string of the molecule is C=CC(C)(O)C(CCC)C(=O)OCC. The quantitative estimate of drug-likeness (QED) is 0.526. The first-order valence-corrected chi connectivity index (χ1v) is 5.02. The minimum Gasteiger partial charge on any atom is -0.466 e. The van der Waals surface area contributed by atoms with Gasteiger partial charge in [-0.25, -0.2) is 0 Å². The summed E-state index contributed by atoms with van der Waals surface area (Å²) in [6, 6.07) is 0. The van der Waals surface area contributed by atoms with Crippen molar-refractivity contribution in [2.75, 3.05) is 6.61 Å². The van der Waals surface area contributed by atoms with E-state index in [1.807, 2.05) is 6.92 Å². The van der Waals surface area contributed by atoms with Crippen molar-refractivity contribution in [1.82, 2.24) is 0 Å². The Labute approximate surface area is 85.8 Å². The normalized spacial score (nSPS) is 16.9. The van der Waals surface area contributed by atoms with Crippen LogP contribution in [0.4, 0.5) is 0 Å². The summed E-state index contributed by atoms with van der Waals surface area (Å²) in [4.78, 5) is 11.5. The van der Waals surface area contributed by atoms with Crippen LogP contribution < -0.4 is 0 Å². The van der Waals surface area contributed by atoms with Crippen LogP contribution in [0, 0.1) is 5.92 Å². The molecule has 0 aromatic rings. The molecule has 2 unspecified atom stereocenters. The third-order valence-electron chi connectivity index (χ3n) is 2.27. The van der Waals surface area contributed by atoms with Gasteiger partial charge in [-0.3, -0.25) is 4.79 Å². The molecule has 2 atom stereocenters. The maximum absolute atomic E-state index is 11.5. The maximum atomic E-state index is 11.5. The van der Waals surface area contributed by atoms with E-state index >= 15 is 0 Å². The van der Waals surface area contributed by atoms with Crippen molar-refractivity contribution in [1.29, 1.82) is 0 Å². The minimum atomic E-state index is -1.18. The van der Waals surface area contributed by atoms with Crippen molar-refractivity contribution in [3.8, 4) is 0 Å². The van der Waals surface area contributed by atoms with Crippen LogP contribution in [0.5, 0.6) is 0 Å².